The van der Waals surface area contributed by atoms with Crippen molar-refractivity contribution < 1.29 is 13.9 Å². The van der Waals surface area contributed by atoms with Crippen LogP contribution >= 0.6 is 11.6 Å². The van der Waals surface area contributed by atoms with Gasteiger partial charge in [0.15, 0.2) is 5.82 Å². The number of aromatic nitrogens is 2. The standard InChI is InChI=1S/C31H35ClFN5O2/c1-19-11-12-22-9-6-7-10-23(22)26(19)27-25(32)17-24-29(28(27)33)34-31(40-16-8-13-36(4)5)35-30(24)37-14-15-38(21(3)39)20(2)18-37/h6-7,9-12,17,20H,8,13-16,18H2,1-5H3. The van der Waals surface area contributed by atoms with Gasteiger partial charge < -0.3 is 19.4 Å². The quantitative estimate of drug-likeness (QED) is 0.259. The minimum atomic E-state index is -0.501. The molecule has 1 amide bonds. The Morgan fingerprint density at radius 1 is 1.12 bits per heavy atom. The number of halogens is 2. The number of hydrogen-bond acceptors (Lipinski definition) is 6. The zero-order valence-corrected chi connectivity index (χ0v) is 24.4. The number of rotatable bonds is 7. The molecule has 1 fully saturated rings. The minimum Gasteiger partial charge on any atom is -0.463 e. The minimum absolute atomic E-state index is 0.0290. The van der Waals surface area contributed by atoms with Gasteiger partial charge in [-0.2, -0.15) is 9.97 Å². The second-order valence-corrected chi connectivity index (χ2v) is 11.2. The Morgan fingerprint density at radius 2 is 1.90 bits per heavy atom. The summed E-state index contributed by atoms with van der Waals surface area (Å²) >= 11 is 6.89. The molecule has 1 aliphatic rings. The third-order valence-corrected chi connectivity index (χ3v) is 7.84. The normalized spacial score (nSPS) is 15.8. The fraction of sp³-hybridized carbons (Fsp3) is 0.387. The summed E-state index contributed by atoms with van der Waals surface area (Å²) < 4.78 is 22.6. The molecule has 3 aromatic carbocycles. The highest BCUT2D eigenvalue weighted by molar-refractivity contribution is 6.35. The highest BCUT2D eigenvalue weighted by Crippen LogP contribution is 2.42. The van der Waals surface area contributed by atoms with Crippen molar-refractivity contribution >= 4 is 45.0 Å². The number of fused-ring (bicyclic) bond motifs is 2. The number of piperazine rings is 1. The summed E-state index contributed by atoms with van der Waals surface area (Å²) in [6.07, 6.45) is 0.779. The molecule has 4 aromatic rings. The van der Waals surface area contributed by atoms with E-state index in [2.05, 4.69) is 14.8 Å². The number of nitrogens with zero attached hydrogens (tertiary/aromatic N) is 5. The van der Waals surface area contributed by atoms with Crippen molar-refractivity contribution in [3.8, 4) is 17.1 Å². The van der Waals surface area contributed by atoms with E-state index in [1.165, 1.54) is 0 Å². The predicted octanol–water partition coefficient (Wildman–Crippen LogP) is 5.94. The van der Waals surface area contributed by atoms with Gasteiger partial charge in [-0.05, 0) is 62.3 Å². The number of hydrogen-bond donors (Lipinski definition) is 0. The van der Waals surface area contributed by atoms with Gasteiger partial charge >= 0.3 is 6.01 Å². The van der Waals surface area contributed by atoms with Gasteiger partial charge in [-0.25, -0.2) is 4.39 Å². The Kier molecular flexibility index (Phi) is 8.10. The molecule has 0 radical (unpaired) electrons. The first-order valence-corrected chi connectivity index (χ1v) is 14.0. The van der Waals surface area contributed by atoms with E-state index in [1.807, 2.05) is 69.2 Å². The SMILES string of the molecule is CC(=O)N1CCN(c2nc(OCCCN(C)C)nc3c(F)c(-c4c(C)ccc5ccccc45)c(Cl)cc23)CC1C. The molecule has 210 valence electrons. The number of aryl methyl sites for hydroxylation is 1. The number of carbonyl (C=O) groups is 1. The Labute approximate surface area is 239 Å². The van der Waals surface area contributed by atoms with Gasteiger partial charge in [0.1, 0.15) is 11.3 Å². The van der Waals surface area contributed by atoms with E-state index in [0.29, 0.717) is 48.0 Å². The molecule has 1 unspecified atom stereocenters. The number of benzene rings is 3. The van der Waals surface area contributed by atoms with Crippen LogP contribution in [0.1, 0.15) is 25.8 Å². The van der Waals surface area contributed by atoms with E-state index in [9.17, 15) is 4.79 Å². The van der Waals surface area contributed by atoms with E-state index >= 15 is 4.39 Å². The van der Waals surface area contributed by atoms with Gasteiger partial charge in [-0.15, -0.1) is 0 Å². The molecule has 1 aromatic heterocycles. The van der Waals surface area contributed by atoms with Crippen LogP contribution in [0.5, 0.6) is 6.01 Å². The Hall–Kier alpha value is -3.49. The summed E-state index contributed by atoms with van der Waals surface area (Å²) in [5, 5.41) is 2.74. The largest absolute Gasteiger partial charge is 0.463 e. The first-order chi connectivity index (χ1) is 19.2. The lowest BCUT2D eigenvalue weighted by Crippen LogP contribution is -2.53. The second-order valence-electron chi connectivity index (χ2n) is 10.8. The first-order valence-electron chi connectivity index (χ1n) is 13.6. The van der Waals surface area contributed by atoms with Gasteiger partial charge in [0.25, 0.3) is 0 Å². The van der Waals surface area contributed by atoms with Crippen molar-refractivity contribution in [1.82, 2.24) is 19.8 Å². The van der Waals surface area contributed by atoms with Gasteiger partial charge in [0, 0.05) is 50.1 Å². The molecular formula is C31H35ClFN5O2. The van der Waals surface area contributed by atoms with Crippen molar-refractivity contribution in [2.24, 2.45) is 0 Å². The van der Waals surface area contributed by atoms with Crippen LogP contribution in [0.3, 0.4) is 0 Å². The van der Waals surface area contributed by atoms with Crippen molar-refractivity contribution in [2.75, 3.05) is 51.8 Å². The molecule has 1 atom stereocenters. The molecule has 0 N–H and O–H groups in total. The molecule has 40 heavy (non-hydrogen) atoms. The summed E-state index contributed by atoms with van der Waals surface area (Å²) in [5.74, 6) is 0.0950. The number of amides is 1. The highest BCUT2D eigenvalue weighted by atomic mass is 35.5. The Morgan fingerprint density at radius 3 is 2.62 bits per heavy atom. The molecule has 0 saturated carbocycles. The number of ether oxygens (including phenoxy) is 1. The summed E-state index contributed by atoms with van der Waals surface area (Å²) in [7, 11) is 4.00. The van der Waals surface area contributed by atoms with Crippen molar-refractivity contribution in [1.29, 1.82) is 0 Å². The summed E-state index contributed by atoms with van der Waals surface area (Å²) in [5.41, 5.74) is 2.16. The molecule has 7 nitrogen and oxygen atoms in total. The maximum Gasteiger partial charge on any atom is 0.319 e. The average Bonchev–Trinajstić information content (AvgIpc) is 2.92. The third kappa shape index (κ3) is 5.43. The maximum atomic E-state index is 16.7. The Balaban J connectivity index is 1.66. The molecule has 0 spiro atoms. The van der Waals surface area contributed by atoms with E-state index in [0.717, 1.165) is 34.9 Å². The fourth-order valence-electron chi connectivity index (χ4n) is 5.57. The first kappa shape index (κ1) is 28.1. The second kappa shape index (κ2) is 11.6. The maximum absolute atomic E-state index is 16.7. The van der Waals surface area contributed by atoms with Crippen LogP contribution in [0.15, 0.2) is 42.5 Å². The van der Waals surface area contributed by atoms with Gasteiger partial charge in [-0.3, -0.25) is 4.79 Å². The van der Waals surface area contributed by atoms with Gasteiger partial charge in [0.05, 0.1) is 11.6 Å². The van der Waals surface area contributed by atoms with Crippen LogP contribution in [-0.2, 0) is 4.79 Å². The van der Waals surface area contributed by atoms with Gasteiger partial charge in [-0.1, -0.05) is 48.0 Å². The van der Waals surface area contributed by atoms with Crippen LogP contribution in [0.2, 0.25) is 5.02 Å². The van der Waals surface area contributed by atoms with Crippen molar-refractivity contribution in [3.05, 3.63) is 58.9 Å². The zero-order chi connectivity index (χ0) is 28.6. The van der Waals surface area contributed by atoms with Crippen LogP contribution in [0.25, 0.3) is 32.8 Å². The van der Waals surface area contributed by atoms with E-state index in [4.69, 9.17) is 21.3 Å². The van der Waals surface area contributed by atoms with E-state index in [-0.39, 0.29) is 23.5 Å². The summed E-state index contributed by atoms with van der Waals surface area (Å²) in [6.45, 7) is 8.45. The topological polar surface area (TPSA) is 61.8 Å². The van der Waals surface area contributed by atoms with Crippen LogP contribution in [0, 0.1) is 12.7 Å². The lowest BCUT2D eigenvalue weighted by molar-refractivity contribution is -0.131. The number of anilines is 1. The summed E-state index contributed by atoms with van der Waals surface area (Å²) in [6, 6.07) is 13.8. The monoisotopic (exact) mass is 563 g/mol. The molecular weight excluding hydrogens is 529 g/mol. The number of carbonyl (C=O) groups excluding carboxylic acids is 1. The summed E-state index contributed by atoms with van der Waals surface area (Å²) in [4.78, 5) is 27.4. The lowest BCUT2D eigenvalue weighted by Gasteiger charge is -2.40. The molecule has 9 heteroatoms. The highest BCUT2D eigenvalue weighted by Gasteiger charge is 2.29. The smallest absolute Gasteiger partial charge is 0.319 e. The predicted molar refractivity (Wildman–Crippen MR) is 160 cm³/mol. The molecule has 0 bridgehead atoms. The van der Waals surface area contributed by atoms with Crippen molar-refractivity contribution in [3.63, 3.8) is 0 Å². The molecule has 2 heterocycles. The van der Waals surface area contributed by atoms with Crippen LogP contribution in [0.4, 0.5) is 10.2 Å². The van der Waals surface area contributed by atoms with E-state index < -0.39 is 5.82 Å². The lowest BCUT2D eigenvalue weighted by atomic mass is 9.92. The van der Waals surface area contributed by atoms with Crippen LogP contribution in [-0.4, -0.2) is 78.6 Å². The third-order valence-electron chi connectivity index (χ3n) is 7.54. The van der Waals surface area contributed by atoms with E-state index in [1.54, 1.807) is 13.0 Å². The zero-order valence-electron chi connectivity index (χ0n) is 23.7. The fourth-order valence-corrected chi connectivity index (χ4v) is 5.86. The molecule has 1 saturated heterocycles. The average molecular weight is 564 g/mol. The van der Waals surface area contributed by atoms with Crippen LogP contribution < -0.4 is 9.64 Å². The molecule has 0 aliphatic carbocycles. The molecule has 5 rings (SSSR count). The Bertz CT molecular complexity index is 1580. The van der Waals surface area contributed by atoms with Gasteiger partial charge in [0.2, 0.25) is 5.91 Å². The van der Waals surface area contributed by atoms with Crippen molar-refractivity contribution in [2.45, 2.75) is 33.2 Å². The molecule has 1 aliphatic heterocycles.